The van der Waals surface area contributed by atoms with E-state index >= 15 is 0 Å². The van der Waals surface area contributed by atoms with E-state index in [1.165, 1.54) is 29.3 Å². The maximum absolute atomic E-state index is 13.8. The number of carbonyl (C=O) groups is 3. The van der Waals surface area contributed by atoms with Gasteiger partial charge in [0.05, 0.1) is 36.6 Å². The summed E-state index contributed by atoms with van der Waals surface area (Å²) in [4.78, 5) is 45.3. The number of halogens is 1. The highest BCUT2D eigenvalue weighted by Crippen LogP contribution is 2.33. The molecule has 1 aliphatic heterocycles. The first kappa shape index (κ1) is 29.4. The van der Waals surface area contributed by atoms with E-state index < -0.39 is 17.7 Å². The Bertz CT molecular complexity index is 1610. The molecule has 43 heavy (non-hydrogen) atoms. The Balaban J connectivity index is 1.44. The van der Waals surface area contributed by atoms with E-state index in [1.54, 1.807) is 24.4 Å². The SMILES string of the molecule is O=C(O)CCN(Cc1cccc(-c2ccc(N3CCOCC3)c(NC(=O)c3cccc(F)c3)c2)c1)C(=O)c1cccnc1. The summed E-state index contributed by atoms with van der Waals surface area (Å²) >= 11 is 0. The van der Waals surface area contributed by atoms with E-state index in [1.807, 2.05) is 42.5 Å². The molecular formula is C33H31FN4O5. The van der Waals surface area contributed by atoms with E-state index in [0.717, 1.165) is 22.4 Å². The highest BCUT2D eigenvalue weighted by Gasteiger charge is 2.20. The van der Waals surface area contributed by atoms with E-state index in [2.05, 4.69) is 15.2 Å². The van der Waals surface area contributed by atoms with Crippen LogP contribution in [0.5, 0.6) is 0 Å². The Hall–Kier alpha value is -5.09. The first-order valence-electron chi connectivity index (χ1n) is 13.9. The molecule has 0 bridgehead atoms. The van der Waals surface area contributed by atoms with Gasteiger partial charge in [-0.25, -0.2) is 4.39 Å². The molecule has 220 valence electrons. The number of hydrogen-bond donors (Lipinski definition) is 2. The number of pyridine rings is 1. The topological polar surface area (TPSA) is 112 Å². The van der Waals surface area contributed by atoms with Gasteiger partial charge in [-0.2, -0.15) is 0 Å². The molecule has 0 radical (unpaired) electrons. The van der Waals surface area contributed by atoms with E-state index in [-0.39, 0.29) is 31.0 Å². The summed E-state index contributed by atoms with van der Waals surface area (Å²) < 4.78 is 19.3. The number of nitrogens with one attached hydrogen (secondary N) is 1. The minimum absolute atomic E-state index is 0.0395. The second kappa shape index (κ2) is 13.7. The van der Waals surface area contributed by atoms with Crippen molar-refractivity contribution in [1.29, 1.82) is 0 Å². The van der Waals surface area contributed by atoms with Crippen LogP contribution in [-0.2, 0) is 16.1 Å². The van der Waals surface area contributed by atoms with Crippen LogP contribution in [0.3, 0.4) is 0 Å². The standard InChI is InChI=1S/C33H31FN4O5/c34-28-8-2-6-26(19-28)32(41)36-29-20-25(9-10-30(29)37-14-16-43-17-15-37)24-5-1-4-23(18-24)22-38(13-11-31(39)40)33(42)27-7-3-12-35-21-27/h1-10,12,18-21H,11,13-17,22H2,(H,36,41)(H,39,40). The van der Waals surface area contributed by atoms with Crippen molar-refractivity contribution in [2.45, 2.75) is 13.0 Å². The van der Waals surface area contributed by atoms with Crippen molar-refractivity contribution < 1.29 is 28.6 Å². The van der Waals surface area contributed by atoms with Crippen LogP contribution in [0.25, 0.3) is 11.1 Å². The van der Waals surface area contributed by atoms with Gasteiger partial charge in [0, 0.05) is 44.1 Å². The molecule has 4 aromatic rings. The van der Waals surface area contributed by atoms with Gasteiger partial charge in [-0.05, 0) is 65.2 Å². The van der Waals surface area contributed by atoms with Crippen LogP contribution < -0.4 is 10.2 Å². The Kier molecular flexibility index (Phi) is 9.38. The smallest absolute Gasteiger partial charge is 0.305 e. The number of benzene rings is 3. The molecule has 1 fully saturated rings. The third kappa shape index (κ3) is 7.60. The van der Waals surface area contributed by atoms with Crippen LogP contribution in [-0.4, -0.2) is 65.6 Å². The van der Waals surface area contributed by atoms with Crippen molar-refractivity contribution in [3.8, 4) is 11.1 Å². The second-order valence-corrected chi connectivity index (χ2v) is 10.1. The van der Waals surface area contributed by atoms with Gasteiger partial charge in [0.15, 0.2) is 0 Å². The first-order valence-corrected chi connectivity index (χ1v) is 13.9. The van der Waals surface area contributed by atoms with Crippen LogP contribution in [0.1, 0.15) is 32.7 Å². The monoisotopic (exact) mass is 582 g/mol. The molecule has 2 amide bonds. The van der Waals surface area contributed by atoms with E-state index in [4.69, 9.17) is 4.74 Å². The number of carboxylic acids is 1. The van der Waals surface area contributed by atoms with Crippen LogP contribution >= 0.6 is 0 Å². The third-order valence-corrected chi connectivity index (χ3v) is 7.11. The van der Waals surface area contributed by atoms with Crippen molar-refractivity contribution in [3.05, 3.63) is 114 Å². The lowest BCUT2D eigenvalue weighted by atomic mass is 10.0. The Labute approximate surface area is 248 Å². The zero-order chi connectivity index (χ0) is 30.2. The van der Waals surface area contributed by atoms with Crippen molar-refractivity contribution in [1.82, 2.24) is 9.88 Å². The molecule has 3 aromatic carbocycles. The van der Waals surface area contributed by atoms with Gasteiger partial charge in [-0.1, -0.05) is 30.3 Å². The lowest BCUT2D eigenvalue weighted by Gasteiger charge is -2.31. The number of rotatable bonds is 10. The quantitative estimate of drug-likeness (QED) is 0.268. The maximum Gasteiger partial charge on any atom is 0.305 e. The van der Waals surface area contributed by atoms with Crippen molar-refractivity contribution >= 4 is 29.2 Å². The van der Waals surface area contributed by atoms with Crippen LogP contribution in [0, 0.1) is 5.82 Å². The van der Waals surface area contributed by atoms with Gasteiger partial charge >= 0.3 is 5.97 Å². The molecular weight excluding hydrogens is 551 g/mol. The molecule has 1 saturated heterocycles. The van der Waals surface area contributed by atoms with Gasteiger partial charge in [-0.15, -0.1) is 0 Å². The van der Waals surface area contributed by atoms with Crippen LogP contribution in [0.15, 0.2) is 91.3 Å². The summed E-state index contributed by atoms with van der Waals surface area (Å²) in [7, 11) is 0. The normalized spacial score (nSPS) is 12.9. The molecule has 2 heterocycles. The minimum atomic E-state index is -0.995. The van der Waals surface area contributed by atoms with Gasteiger partial charge in [0.2, 0.25) is 0 Å². The van der Waals surface area contributed by atoms with Crippen molar-refractivity contribution in [2.75, 3.05) is 43.1 Å². The number of hydrogen-bond acceptors (Lipinski definition) is 6. The predicted octanol–water partition coefficient (Wildman–Crippen LogP) is 5.09. The molecule has 5 rings (SSSR count). The molecule has 0 atom stereocenters. The summed E-state index contributed by atoms with van der Waals surface area (Å²) in [6.45, 7) is 2.69. The summed E-state index contributed by atoms with van der Waals surface area (Å²) in [5.74, 6) is -2.23. The Morgan fingerprint density at radius 3 is 2.44 bits per heavy atom. The largest absolute Gasteiger partial charge is 0.481 e. The molecule has 10 heteroatoms. The lowest BCUT2D eigenvalue weighted by Crippen LogP contribution is -2.36. The number of morpholine rings is 1. The van der Waals surface area contributed by atoms with Crippen molar-refractivity contribution in [3.63, 3.8) is 0 Å². The van der Waals surface area contributed by atoms with Gasteiger partial charge < -0.3 is 25.0 Å². The fourth-order valence-corrected chi connectivity index (χ4v) is 4.94. The fourth-order valence-electron chi connectivity index (χ4n) is 4.94. The highest BCUT2D eigenvalue weighted by atomic mass is 19.1. The summed E-state index contributed by atoms with van der Waals surface area (Å²) in [5, 5.41) is 12.2. The number of carboxylic acid groups (broad SMARTS) is 1. The number of aliphatic carboxylic acids is 1. The second-order valence-electron chi connectivity index (χ2n) is 10.1. The number of nitrogens with zero attached hydrogens (tertiary/aromatic N) is 3. The third-order valence-electron chi connectivity index (χ3n) is 7.11. The molecule has 0 unspecified atom stereocenters. The molecule has 1 aliphatic rings. The van der Waals surface area contributed by atoms with Gasteiger partial charge in [0.1, 0.15) is 5.82 Å². The Morgan fingerprint density at radius 1 is 0.930 bits per heavy atom. The fraction of sp³-hybridized carbons (Fsp3) is 0.212. The van der Waals surface area contributed by atoms with Crippen molar-refractivity contribution in [2.24, 2.45) is 0 Å². The number of anilines is 2. The summed E-state index contributed by atoms with van der Waals surface area (Å²) in [6, 6.07) is 22.2. The number of carbonyl (C=O) groups excluding carboxylic acids is 2. The highest BCUT2D eigenvalue weighted by molar-refractivity contribution is 6.06. The number of aromatic nitrogens is 1. The lowest BCUT2D eigenvalue weighted by molar-refractivity contribution is -0.137. The van der Waals surface area contributed by atoms with E-state index in [0.29, 0.717) is 37.6 Å². The van der Waals surface area contributed by atoms with Crippen LogP contribution in [0.4, 0.5) is 15.8 Å². The average molecular weight is 583 g/mol. The van der Waals surface area contributed by atoms with Gasteiger partial charge in [0.25, 0.3) is 11.8 Å². The first-order chi connectivity index (χ1) is 20.9. The molecule has 1 aromatic heterocycles. The minimum Gasteiger partial charge on any atom is -0.481 e. The zero-order valence-electron chi connectivity index (χ0n) is 23.4. The molecule has 0 aliphatic carbocycles. The molecule has 0 saturated carbocycles. The molecule has 0 spiro atoms. The molecule has 9 nitrogen and oxygen atoms in total. The number of ether oxygens (including phenoxy) is 1. The average Bonchev–Trinajstić information content (AvgIpc) is 3.03. The predicted molar refractivity (Wildman–Crippen MR) is 160 cm³/mol. The van der Waals surface area contributed by atoms with Gasteiger partial charge in [-0.3, -0.25) is 19.4 Å². The van der Waals surface area contributed by atoms with E-state index in [9.17, 15) is 23.9 Å². The number of amides is 2. The maximum atomic E-state index is 13.8. The molecule has 2 N–H and O–H groups in total. The zero-order valence-corrected chi connectivity index (χ0v) is 23.4. The summed E-state index contributed by atoms with van der Waals surface area (Å²) in [6.07, 6.45) is 2.84. The Morgan fingerprint density at radius 2 is 1.70 bits per heavy atom. The van der Waals surface area contributed by atoms with Crippen LogP contribution in [0.2, 0.25) is 0 Å². The summed E-state index contributed by atoms with van der Waals surface area (Å²) in [5.41, 5.74) is 4.47.